The zero-order valence-corrected chi connectivity index (χ0v) is 17.5. The second kappa shape index (κ2) is 9.48. The van der Waals surface area contributed by atoms with Crippen LogP contribution in [-0.2, 0) is 11.3 Å². The molecule has 3 aromatic heterocycles. The molecule has 9 nitrogen and oxygen atoms in total. The molecule has 0 radical (unpaired) electrons. The molecule has 4 rings (SSSR count). The first-order valence-electron chi connectivity index (χ1n) is 9.92. The van der Waals surface area contributed by atoms with Crippen LogP contribution in [0.15, 0.2) is 53.4 Å². The molecule has 0 fully saturated rings. The standard InChI is InChI=1S/C21H15F5N6O3/c22-12-4-2-1-3-11(12)10-32-16(14-5-6-35-31-14)7-15(30-32)20-27-9-13(23)19(29-20)28-17(8-18(33)34)21(24,25)26/h1-7,9,17H,8,10H2,(H,33,34)(H,27,28,29). The Balaban J connectivity index is 1.72. The summed E-state index contributed by atoms with van der Waals surface area (Å²) in [5, 5.41) is 18.7. The molecule has 0 aliphatic rings. The number of aliphatic carboxylic acids is 1. The number of carbonyl (C=O) groups is 1. The number of benzene rings is 1. The zero-order valence-electron chi connectivity index (χ0n) is 17.5. The van der Waals surface area contributed by atoms with Gasteiger partial charge in [0.2, 0.25) is 0 Å². The average molecular weight is 494 g/mol. The minimum absolute atomic E-state index is 0.0178. The molecule has 1 atom stereocenters. The molecule has 0 amide bonds. The molecule has 4 aromatic rings. The molecule has 0 saturated heterocycles. The molecule has 0 aliphatic carbocycles. The van der Waals surface area contributed by atoms with Crippen molar-refractivity contribution in [1.82, 2.24) is 24.9 Å². The van der Waals surface area contributed by atoms with Crippen molar-refractivity contribution in [1.29, 1.82) is 0 Å². The van der Waals surface area contributed by atoms with Crippen LogP contribution in [0.25, 0.3) is 22.9 Å². The van der Waals surface area contributed by atoms with Gasteiger partial charge in [-0.1, -0.05) is 23.4 Å². The summed E-state index contributed by atoms with van der Waals surface area (Å²) in [6.07, 6.45) is -4.41. The van der Waals surface area contributed by atoms with Gasteiger partial charge in [-0.3, -0.25) is 9.48 Å². The van der Waals surface area contributed by atoms with Gasteiger partial charge in [0.15, 0.2) is 17.5 Å². The SMILES string of the molecule is O=C(O)CC(Nc1nc(-c2cc(-c3ccon3)n(Cc3ccccc3F)n2)ncc1F)C(F)(F)F. The van der Waals surface area contributed by atoms with Crippen LogP contribution in [-0.4, -0.2) is 48.2 Å². The van der Waals surface area contributed by atoms with Crippen molar-refractivity contribution in [2.75, 3.05) is 5.32 Å². The highest BCUT2D eigenvalue weighted by atomic mass is 19.4. The third-order valence-electron chi connectivity index (χ3n) is 4.82. The third kappa shape index (κ3) is 5.42. The fourth-order valence-corrected chi connectivity index (χ4v) is 3.17. The second-order valence-electron chi connectivity index (χ2n) is 7.28. The van der Waals surface area contributed by atoms with Crippen molar-refractivity contribution >= 4 is 11.8 Å². The lowest BCUT2D eigenvalue weighted by Gasteiger charge is -2.20. The molecule has 0 spiro atoms. The van der Waals surface area contributed by atoms with Crippen LogP contribution in [0, 0.1) is 11.6 Å². The Labute approximate surface area is 193 Å². The summed E-state index contributed by atoms with van der Waals surface area (Å²) in [5.74, 6) is -4.57. The van der Waals surface area contributed by atoms with E-state index >= 15 is 0 Å². The quantitative estimate of drug-likeness (QED) is 0.351. The van der Waals surface area contributed by atoms with Gasteiger partial charge in [0.25, 0.3) is 0 Å². The van der Waals surface area contributed by atoms with Crippen LogP contribution in [0.5, 0.6) is 0 Å². The van der Waals surface area contributed by atoms with Gasteiger partial charge in [0, 0.05) is 11.6 Å². The number of carboxylic acid groups (broad SMARTS) is 1. The lowest BCUT2D eigenvalue weighted by molar-refractivity contribution is -0.157. The van der Waals surface area contributed by atoms with Crippen molar-refractivity contribution in [3.63, 3.8) is 0 Å². The molecule has 2 N–H and O–H groups in total. The van der Waals surface area contributed by atoms with E-state index in [0.717, 1.165) is 0 Å². The number of alkyl halides is 3. The van der Waals surface area contributed by atoms with Gasteiger partial charge in [0.1, 0.15) is 29.5 Å². The van der Waals surface area contributed by atoms with Gasteiger partial charge in [-0.2, -0.15) is 18.3 Å². The van der Waals surface area contributed by atoms with Gasteiger partial charge in [-0.25, -0.2) is 18.7 Å². The maximum Gasteiger partial charge on any atom is 0.409 e. The van der Waals surface area contributed by atoms with Crippen molar-refractivity contribution in [3.05, 3.63) is 66.1 Å². The lowest BCUT2D eigenvalue weighted by atomic mass is 10.2. The molecule has 0 saturated carbocycles. The molecule has 3 heterocycles. The summed E-state index contributed by atoms with van der Waals surface area (Å²) in [6.45, 7) is -0.0457. The Morgan fingerprint density at radius 3 is 2.57 bits per heavy atom. The van der Waals surface area contributed by atoms with E-state index < -0.39 is 42.1 Å². The predicted molar refractivity (Wildman–Crippen MR) is 110 cm³/mol. The van der Waals surface area contributed by atoms with E-state index in [4.69, 9.17) is 9.63 Å². The monoisotopic (exact) mass is 494 g/mol. The van der Waals surface area contributed by atoms with Gasteiger partial charge >= 0.3 is 12.1 Å². The van der Waals surface area contributed by atoms with E-state index in [0.29, 0.717) is 17.6 Å². The molecule has 0 aliphatic heterocycles. The highest BCUT2D eigenvalue weighted by Gasteiger charge is 2.41. The number of nitrogens with zero attached hydrogens (tertiary/aromatic N) is 5. The smallest absolute Gasteiger partial charge is 0.409 e. The van der Waals surface area contributed by atoms with E-state index in [1.807, 2.05) is 0 Å². The van der Waals surface area contributed by atoms with E-state index in [9.17, 15) is 26.7 Å². The normalized spacial score (nSPS) is 12.5. The molecular weight excluding hydrogens is 479 g/mol. The molecule has 1 aromatic carbocycles. The number of halogens is 5. The molecule has 0 bridgehead atoms. The summed E-state index contributed by atoms with van der Waals surface area (Å²) >= 11 is 0. The highest BCUT2D eigenvalue weighted by molar-refractivity contribution is 5.68. The Hall–Kier alpha value is -4.36. The largest absolute Gasteiger partial charge is 0.481 e. The Bertz CT molecular complexity index is 1340. The van der Waals surface area contributed by atoms with Gasteiger partial charge in [-0.05, 0) is 12.1 Å². The fourth-order valence-electron chi connectivity index (χ4n) is 3.17. The highest BCUT2D eigenvalue weighted by Crippen LogP contribution is 2.29. The number of hydrogen-bond donors (Lipinski definition) is 2. The van der Waals surface area contributed by atoms with Crippen molar-refractivity contribution in [2.45, 2.75) is 25.2 Å². The number of aromatic nitrogens is 5. The lowest BCUT2D eigenvalue weighted by Crippen LogP contribution is -2.38. The van der Waals surface area contributed by atoms with Crippen molar-refractivity contribution in [2.24, 2.45) is 0 Å². The molecule has 1 unspecified atom stereocenters. The topological polar surface area (TPSA) is 119 Å². The first-order chi connectivity index (χ1) is 16.6. The number of carboxylic acids is 1. The van der Waals surface area contributed by atoms with Gasteiger partial charge in [0.05, 0.1) is 24.9 Å². The van der Waals surface area contributed by atoms with Crippen LogP contribution < -0.4 is 5.32 Å². The van der Waals surface area contributed by atoms with Crippen molar-refractivity contribution < 1.29 is 36.4 Å². The minimum atomic E-state index is -4.99. The van der Waals surface area contributed by atoms with Gasteiger partial charge < -0.3 is 14.9 Å². The third-order valence-corrected chi connectivity index (χ3v) is 4.82. The van der Waals surface area contributed by atoms with E-state index in [2.05, 4.69) is 20.2 Å². The number of anilines is 1. The van der Waals surface area contributed by atoms with E-state index in [-0.39, 0.29) is 23.6 Å². The van der Waals surface area contributed by atoms with Crippen LogP contribution in [0.4, 0.5) is 27.8 Å². The van der Waals surface area contributed by atoms with Crippen LogP contribution >= 0.6 is 0 Å². The number of hydrogen-bond acceptors (Lipinski definition) is 7. The maximum absolute atomic E-state index is 14.2. The first-order valence-corrected chi connectivity index (χ1v) is 9.92. The number of rotatable bonds is 8. The molecule has 182 valence electrons. The Morgan fingerprint density at radius 1 is 1.14 bits per heavy atom. The Morgan fingerprint density at radius 2 is 1.91 bits per heavy atom. The first kappa shape index (κ1) is 23.8. The summed E-state index contributed by atoms with van der Waals surface area (Å²) in [6, 6.07) is 6.30. The average Bonchev–Trinajstić information content (AvgIpc) is 3.45. The summed E-state index contributed by atoms with van der Waals surface area (Å²) in [5.41, 5.74) is 0.970. The molecule has 35 heavy (non-hydrogen) atoms. The molecular formula is C21H15F5N6O3. The fraction of sp³-hybridized carbons (Fsp3) is 0.190. The number of nitrogens with one attached hydrogen (secondary N) is 1. The van der Waals surface area contributed by atoms with Crippen molar-refractivity contribution in [3.8, 4) is 22.9 Å². The Kier molecular flexibility index (Phi) is 6.44. The van der Waals surface area contributed by atoms with Crippen LogP contribution in [0.2, 0.25) is 0 Å². The molecule has 14 heteroatoms. The maximum atomic E-state index is 14.2. The zero-order chi connectivity index (χ0) is 25.2. The van der Waals surface area contributed by atoms with Crippen LogP contribution in [0.1, 0.15) is 12.0 Å². The van der Waals surface area contributed by atoms with E-state index in [1.54, 1.807) is 17.4 Å². The predicted octanol–water partition coefficient (Wildman–Crippen LogP) is 4.14. The van der Waals surface area contributed by atoms with E-state index in [1.165, 1.54) is 35.2 Å². The van der Waals surface area contributed by atoms with Gasteiger partial charge in [-0.15, -0.1) is 0 Å². The summed E-state index contributed by atoms with van der Waals surface area (Å²) in [4.78, 5) is 18.4. The van der Waals surface area contributed by atoms with Crippen LogP contribution in [0.3, 0.4) is 0 Å². The summed E-state index contributed by atoms with van der Waals surface area (Å²) in [7, 11) is 0. The summed E-state index contributed by atoms with van der Waals surface area (Å²) < 4.78 is 74.3. The minimum Gasteiger partial charge on any atom is -0.481 e. The second-order valence-corrected chi connectivity index (χ2v) is 7.28.